The average molecular weight is 260 g/mol. The predicted molar refractivity (Wildman–Crippen MR) is 72.9 cm³/mol. The lowest BCUT2D eigenvalue weighted by molar-refractivity contribution is 0.201. The van der Waals surface area contributed by atoms with Crippen molar-refractivity contribution in [3.05, 3.63) is 29.8 Å². The lowest BCUT2D eigenvalue weighted by Gasteiger charge is -2.06. The van der Waals surface area contributed by atoms with E-state index in [1.54, 1.807) is 0 Å². The molecule has 0 aliphatic rings. The summed E-state index contributed by atoms with van der Waals surface area (Å²) in [6.45, 7) is 4.57. The quantitative estimate of drug-likeness (QED) is 0.705. The summed E-state index contributed by atoms with van der Waals surface area (Å²) < 4.78 is 5.28. The third kappa shape index (κ3) is 7.21. The van der Waals surface area contributed by atoms with Crippen molar-refractivity contribution < 1.29 is 9.84 Å². The van der Waals surface area contributed by atoms with E-state index in [-0.39, 0.29) is 19.0 Å². The molecule has 3 nitrogen and oxygen atoms in total. The topological polar surface area (TPSA) is 41.5 Å². The number of hydrogen-bond acceptors (Lipinski definition) is 3. The molecule has 0 atom stereocenters. The zero-order valence-corrected chi connectivity index (χ0v) is 11.1. The van der Waals surface area contributed by atoms with Gasteiger partial charge >= 0.3 is 0 Å². The first-order valence-corrected chi connectivity index (χ1v) is 5.90. The highest BCUT2D eigenvalue weighted by atomic mass is 35.5. The Morgan fingerprint density at radius 2 is 1.94 bits per heavy atom. The molecule has 0 amide bonds. The number of nitrogens with one attached hydrogen (secondary N) is 1. The number of ether oxygens (including phenoxy) is 1. The Morgan fingerprint density at radius 1 is 1.24 bits per heavy atom. The van der Waals surface area contributed by atoms with Gasteiger partial charge in [0, 0.05) is 6.54 Å². The van der Waals surface area contributed by atoms with Crippen LogP contribution >= 0.6 is 12.4 Å². The van der Waals surface area contributed by atoms with Gasteiger partial charge in [0.05, 0.1) is 6.61 Å². The molecule has 0 radical (unpaired) electrons. The standard InChI is InChI=1S/C13H21NO2.ClH/c1-2-3-8-14-11-12-4-6-13(7-5-12)16-10-9-15;/h4-7,14-15H,2-3,8-11H2,1H3;1H. The minimum atomic E-state index is 0. The number of hydrogen-bond donors (Lipinski definition) is 2. The maximum Gasteiger partial charge on any atom is 0.119 e. The summed E-state index contributed by atoms with van der Waals surface area (Å²) in [5.41, 5.74) is 1.26. The Bertz CT molecular complexity index is 277. The third-order valence-electron chi connectivity index (χ3n) is 2.32. The van der Waals surface area contributed by atoms with E-state index in [4.69, 9.17) is 9.84 Å². The van der Waals surface area contributed by atoms with E-state index in [2.05, 4.69) is 12.2 Å². The molecule has 0 spiro atoms. The predicted octanol–water partition coefficient (Wildman–Crippen LogP) is 2.37. The molecule has 1 rings (SSSR count). The van der Waals surface area contributed by atoms with Crippen molar-refractivity contribution in [1.29, 1.82) is 0 Å². The minimum absolute atomic E-state index is 0. The van der Waals surface area contributed by atoms with Gasteiger partial charge in [0.25, 0.3) is 0 Å². The van der Waals surface area contributed by atoms with Gasteiger partial charge in [-0.25, -0.2) is 0 Å². The highest BCUT2D eigenvalue weighted by Crippen LogP contribution is 2.11. The largest absolute Gasteiger partial charge is 0.491 e. The lowest BCUT2D eigenvalue weighted by atomic mass is 10.2. The van der Waals surface area contributed by atoms with Crippen LogP contribution in [0.3, 0.4) is 0 Å². The second kappa shape index (κ2) is 10.4. The zero-order valence-electron chi connectivity index (χ0n) is 10.3. The van der Waals surface area contributed by atoms with Crippen LogP contribution in [0.5, 0.6) is 5.75 Å². The maximum atomic E-state index is 8.61. The fourth-order valence-corrected chi connectivity index (χ4v) is 1.40. The number of unbranched alkanes of at least 4 members (excludes halogenated alkanes) is 1. The lowest BCUT2D eigenvalue weighted by Crippen LogP contribution is -2.14. The molecule has 0 unspecified atom stereocenters. The summed E-state index contributed by atoms with van der Waals surface area (Å²) in [6.07, 6.45) is 2.44. The van der Waals surface area contributed by atoms with Crippen LogP contribution in [0.4, 0.5) is 0 Å². The van der Waals surface area contributed by atoms with Crippen LogP contribution in [-0.4, -0.2) is 24.9 Å². The fourth-order valence-electron chi connectivity index (χ4n) is 1.40. The molecule has 1 aromatic rings. The van der Waals surface area contributed by atoms with Crippen LogP contribution in [0.1, 0.15) is 25.3 Å². The van der Waals surface area contributed by atoms with Crippen LogP contribution in [0.25, 0.3) is 0 Å². The number of aliphatic hydroxyl groups excluding tert-OH is 1. The van der Waals surface area contributed by atoms with Gasteiger partial charge in [-0.15, -0.1) is 12.4 Å². The molecule has 1 aromatic carbocycles. The van der Waals surface area contributed by atoms with E-state index >= 15 is 0 Å². The van der Waals surface area contributed by atoms with E-state index in [9.17, 15) is 0 Å². The fraction of sp³-hybridized carbons (Fsp3) is 0.538. The van der Waals surface area contributed by atoms with Crippen LogP contribution in [0.15, 0.2) is 24.3 Å². The van der Waals surface area contributed by atoms with Crippen molar-refractivity contribution in [2.75, 3.05) is 19.8 Å². The number of halogens is 1. The molecule has 98 valence electrons. The van der Waals surface area contributed by atoms with Crippen molar-refractivity contribution in [3.63, 3.8) is 0 Å². The van der Waals surface area contributed by atoms with Crippen molar-refractivity contribution in [2.45, 2.75) is 26.3 Å². The first-order chi connectivity index (χ1) is 7.86. The Morgan fingerprint density at radius 3 is 2.53 bits per heavy atom. The summed E-state index contributed by atoms with van der Waals surface area (Å²) in [4.78, 5) is 0. The second-order valence-electron chi connectivity index (χ2n) is 3.75. The van der Waals surface area contributed by atoms with Gasteiger partial charge < -0.3 is 15.2 Å². The summed E-state index contributed by atoms with van der Waals surface area (Å²) in [6, 6.07) is 7.97. The third-order valence-corrected chi connectivity index (χ3v) is 2.32. The van der Waals surface area contributed by atoms with Crippen molar-refractivity contribution in [1.82, 2.24) is 5.32 Å². The summed E-state index contributed by atoms with van der Waals surface area (Å²) >= 11 is 0. The number of rotatable bonds is 8. The van der Waals surface area contributed by atoms with Gasteiger partial charge in [0.15, 0.2) is 0 Å². The molecule has 0 aromatic heterocycles. The Labute approximate surface area is 110 Å². The Hall–Kier alpha value is -0.770. The molecule has 0 aliphatic heterocycles. The number of benzene rings is 1. The van der Waals surface area contributed by atoms with E-state index in [1.807, 2.05) is 24.3 Å². The Kier molecular flexibility index (Phi) is 9.92. The summed E-state index contributed by atoms with van der Waals surface area (Å²) in [5.74, 6) is 0.811. The van der Waals surface area contributed by atoms with Gasteiger partial charge in [-0.05, 0) is 30.7 Å². The zero-order chi connectivity index (χ0) is 11.6. The molecule has 0 saturated carbocycles. The molecule has 17 heavy (non-hydrogen) atoms. The molecular formula is C13H22ClNO2. The molecule has 0 heterocycles. The molecule has 0 aliphatic carbocycles. The van der Waals surface area contributed by atoms with Gasteiger partial charge in [0.2, 0.25) is 0 Å². The molecular weight excluding hydrogens is 238 g/mol. The van der Waals surface area contributed by atoms with Crippen LogP contribution in [0, 0.1) is 0 Å². The minimum Gasteiger partial charge on any atom is -0.491 e. The normalized spacial score (nSPS) is 9.76. The van der Waals surface area contributed by atoms with Crippen LogP contribution in [-0.2, 0) is 6.54 Å². The summed E-state index contributed by atoms with van der Waals surface area (Å²) in [7, 11) is 0. The summed E-state index contributed by atoms with van der Waals surface area (Å²) in [5, 5.41) is 12.0. The van der Waals surface area contributed by atoms with Gasteiger partial charge in [-0.2, -0.15) is 0 Å². The monoisotopic (exact) mass is 259 g/mol. The van der Waals surface area contributed by atoms with Crippen LogP contribution in [0.2, 0.25) is 0 Å². The molecule has 0 saturated heterocycles. The number of aliphatic hydroxyl groups is 1. The van der Waals surface area contributed by atoms with Gasteiger partial charge in [-0.1, -0.05) is 25.5 Å². The highest BCUT2D eigenvalue weighted by Gasteiger charge is 1.95. The first kappa shape index (κ1) is 16.2. The van der Waals surface area contributed by atoms with Crippen LogP contribution < -0.4 is 10.1 Å². The molecule has 4 heteroatoms. The van der Waals surface area contributed by atoms with Gasteiger partial charge in [-0.3, -0.25) is 0 Å². The van der Waals surface area contributed by atoms with E-state index < -0.39 is 0 Å². The molecule has 2 N–H and O–H groups in total. The maximum absolute atomic E-state index is 8.61. The van der Waals surface area contributed by atoms with Crippen molar-refractivity contribution in [3.8, 4) is 5.75 Å². The average Bonchev–Trinajstić information content (AvgIpc) is 2.33. The SMILES string of the molecule is CCCCNCc1ccc(OCCO)cc1.Cl. The van der Waals surface area contributed by atoms with Crippen molar-refractivity contribution in [2.24, 2.45) is 0 Å². The highest BCUT2D eigenvalue weighted by molar-refractivity contribution is 5.85. The Balaban J connectivity index is 0.00000256. The smallest absolute Gasteiger partial charge is 0.119 e. The van der Waals surface area contributed by atoms with E-state index in [0.717, 1.165) is 18.8 Å². The molecule has 0 fully saturated rings. The van der Waals surface area contributed by atoms with E-state index in [1.165, 1.54) is 18.4 Å². The van der Waals surface area contributed by atoms with Crippen molar-refractivity contribution >= 4 is 12.4 Å². The molecule has 0 bridgehead atoms. The first-order valence-electron chi connectivity index (χ1n) is 5.90. The van der Waals surface area contributed by atoms with E-state index in [0.29, 0.717) is 6.61 Å². The second-order valence-corrected chi connectivity index (χ2v) is 3.75. The van der Waals surface area contributed by atoms with Gasteiger partial charge in [0.1, 0.15) is 12.4 Å².